The second kappa shape index (κ2) is 6.14. The Morgan fingerprint density at radius 2 is 1.46 bits per heavy atom. The minimum absolute atomic E-state index is 0.174. The van der Waals surface area contributed by atoms with E-state index in [9.17, 15) is 26.7 Å². The van der Waals surface area contributed by atoms with Gasteiger partial charge in [-0.05, 0) is 32.0 Å². The normalized spacial score (nSPS) is 12.1. The molecule has 128 valence electrons. The van der Waals surface area contributed by atoms with Gasteiger partial charge < -0.3 is 0 Å². The number of hydrogen-bond acceptors (Lipinski definition) is 3. The van der Waals surface area contributed by atoms with Crippen LogP contribution in [0.3, 0.4) is 0 Å². The molecule has 0 aliphatic rings. The molecule has 9 heteroatoms. The van der Waals surface area contributed by atoms with Gasteiger partial charge in [-0.1, -0.05) is 18.2 Å². The molecule has 0 bridgehead atoms. The van der Waals surface area contributed by atoms with Crippen LogP contribution in [0.2, 0.25) is 0 Å². The second-order valence-corrected chi connectivity index (χ2v) is 5.00. The van der Waals surface area contributed by atoms with E-state index in [0.717, 1.165) is 0 Å². The van der Waals surface area contributed by atoms with Crippen molar-refractivity contribution in [1.29, 1.82) is 0 Å². The van der Waals surface area contributed by atoms with Crippen molar-refractivity contribution < 1.29 is 26.7 Å². The highest BCUT2D eigenvalue weighted by Crippen LogP contribution is 2.39. The molecule has 0 spiro atoms. The summed E-state index contributed by atoms with van der Waals surface area (Å²) in [7, 11) is 0. The van der Waals surface area contributed by atoms with E-state index >= 15 is 0 Å². The number of para-hydroxylation sites is 1. The number of amides is 1. The molecule has 0 aliphatic heterocycles. The Hall–Kier alpha value is -2.58. The van der Waals surface area contributed by atoms with Gasteiger partial charge in [-0.15, -0.1) is 0 Å². The first-order valence-electron chi connectivity index (χ1n) is 6.70. The first-order chi connectivity index (χ1) is 11.0. The molecule has 1 aromatic heterocycles. The maximum atomic E-state index is 13.6. The van der Waals surface area contributed by atoms with E-state index in [1.807, 2.05) is 0 Å². The number of benzene rings is 1. The molecule has 0 atom stereocenters. The predicted octanol–water partition coefficient (Wildman–Crippen LogP) is 3.96. The predicted molar refractivity (Wildman–Crippen MR) is 76.1 cm³/mol. The number of hydrogen-bond donors (Lipinski definition) is 0. The average Bonchev–Trinajstić information content (AvgIpc) is 2.46. The molecule has 0 fully saturated rings. The minimum Gasteiger partial charge on any atom is -0.267 e. The molecule has 0 saturated heterocycles. The van der Waals surface area contributed by atoms with Crippen molar-refractivity contribution >= 4 is 17.5 Å². The van der Waals surface area contributed by atoms with Gasteiger partial charge >= 0.3 is 18.0 Å². The monoisotopic (exact) mass is 345 g/mol. The molecular formula is C15H12F5N3O. The molecule has 24 heavy (non-hydrogen) atoms. The van der Waals surface area contributed by atoms with Gasteiger partial charge in [0, 0.05) is 11.4 Å². The Morgan fingerprint density at radius 1 is 0.958 bits per heavy atom. The Labute approximate surface area is 134 Å². The van der Waals surface area contributed by atoms with Crippen LogP contribution in [0.5, 0.6) is 0 Å². The van der Waals surface area contributed by atoms with Gasteiger partial charge in [0.25, 0.3) is 0 Å². The van der Waals surface area contributed by atoms with Gasteiger partial charge in [-0.3, -0.25) is 4.79 Å². The fourth-order valence-electron chi connectivity index (χ4n) is 1.97. The molecule has 4 nitrogen and oxygen atoms in total. The largest absolute Gasteiger partial charge is 0.463 e. The molecule has 0 saturated carbocycles. The number of carbonyl (C=O) groups is 1. The lowest BCUT2D eigenvalue weighted by Crippen LogP contribution is -2.51. The summed E-state index contributed by atoms with van der Waals surface area (Å²) in [4.78, 5) is 19.8. The van der Waals surface area contributed by atoms with Crippen LogP contribution in [0.25, 0.3) is 0 Å². The molecular weight excluding hydrogens is 333 g/mol. The van der Waals surface area contributed by atoms with Crippen LogP contribution in [0.1, 0.15) is 11.4 Å². The third-order valence-corrected chi connectivity index (χ3v) is 3.01. The molecule has 0 N–H and O–H groups in total. The Bertz CT molecular complexity index is 726. The standard InChI is InChI=1S/C15H12F5N3O/c1-9-8-10(2)22-13(21-9)23(11-6-4-3-5-7-11)12(24)14(16,17)15(18,19)20/h3-8H,1-2H3. The summed E-state index contributed by atoms with van der Waals surface area (Å²) in [6.45, 7) is 3.02. The second-order valence-electron chi connectivity index (χ2n) is 5.00. The summed E-state index contributed by atoms with van der Waals surface area (Å²) < 4.78 is 64.9. The summed E-state index contributed by atoms with van der Waals surface area (Å²) in [5, 5.41) is 0. The number of alkyl halides is 5. The highest BCUT2D eigenvalue weighted by Gasteiger charge is 2.65. The number of aromatic nitrogens is 2. The minimum atomic E-state index is -6.03. The highest BCUT2D eigenvalue weighted by atomic mass is 19.4. The van der Waals surface area contributed by atoms with E-state index in [2.05, 4.69) is 9.97 Å². The average molecular weight is 345 g/mol. The van der Waals surface area contributed by atoms with Crippen molar-refractivity contribution in [3.63, 3.8) is 0 Å². The summed E-state index contributed by atoms with van der Waals surface area (Å²) in [5.41, 5.74) is 0.444. The maximum absolute atomic E-state index is 13.6. The summed E-state index contributed by atoms with van der Waals surface area (Å²) in [5.74, 6) is -8.59. The third-order valence-electron chi connectivity index (χ3n) is 3.01. The van der Waals surface area contributed by atoms with E-state index in [-0.39, 0.29) is 10.6 Å². The number of anilines is 2. The molecule has 0 radical (unpaired) electrons. The van der Waals surface area contributed by atoms with Crippen LogP contribution < -0.4 is 4.90 Å². The van der Waals surface area contributed by atoms with Gasteiger partial charge in [0.2, 0.25) is 5.95 Å². The van der Waals surface area contributed by atoms with Crippen LogP contribution in [-0.4, -0.2) is 28.0 Å². The lowest BCUT2D eigenvalue weighted by Gasteiger charge is -2.27. The van der Waals surface area contributed by atoms with Crippen LogP contribution in [0, 0.1) is 13.8 Å². The zero-order valence-corrected chi connectivity index (χ0v) is 12.6. The van der Waals surface area contributed by atoms with Crippen molar-refractivity contribution in [2.24, 2.45) is 0 Å². The highest BCUT2D eigenvalue weighted by molar-refractivity contribution is 6.03. The molecule has 2 rings (SSSR count). The van der Waals surface area contributed by atoms with Crippen molar-refractivity contribution in [2.45, 2.75) is 25.9 Å². The number of aryl methyl sites for hydroxylation is 2. The van der Waals surface area contributed by atoms with E-state index in [4.69, 9.17) is 0 Å². The van der Waals surface area contributed by atoms with Crippen molar-refractivity contribution in [3.05, 3.63) is 47.8 Å². The van der Waals surface area contributed by atoms with E-state index in [1.165, 1.54) is 50.2 Å². The fraction of sp³-hybridized carbons (Fsp3) is 0.267. The molecule has 1 heterocycles. The number of rotatable bonds is 3. The lowest BCUT2D eigenvalue weighted by atomic mass is 10.2. The third kappa shape index (κ3) is 3.34. The Morgan fingerprint density at radius 3 is 1.92 bits per heavy atom. The first kappa shape index (κ1) is 17.8. The summed E-state index contributed by atoms with van der Waals surface area (Å²) in [6, 6.07) is 8.24. The fourth-order valence-corrected chi connectivity index (χ4v) is 1.97. The van der Waals surface area contributed by atoms with E-state index < -0.39 is 24.0 Å². The number of nitrogens with zero attached hydrogens (tertiary/aromatic N) is 3. The molecule has 0 aliphatic carbocycles. The summed E-state index contributed by atoms with van der Waals surface area (Å²) >= 11 is 0. The zero-order valence-electron chi connectivity index (χ0n) is 12.6. The quantitative estimate of drug-likeness (QED) is 0.791. The zero-order chi connectivity index (χ0) is 18.1. The number of halogens is 5. The smallest absolute Gasteiger partial charge is 0.267 e. The summed E-state index contributed by atoms with van der Waals surface area (Å²) in [6.07, 6.45) is -6.03. The van der Waals surface area contributed by atoms with E-state index in [0.29, 0.717) is 11.4 Å². The van der Waals surface area contributed by atoms with Gasteiger partial charge in [0.05, 0.1) is 5.69 Å². The van der Waals surface area contributed by atoms with E-state index in [1.54, 1.807) is 0 Å². The van der Waals surface area contributed by atoms with Gasteiger partial charge in [0.15, 0.2) is 0 Å². The Balaban J connectivity index is 2.63. The van der Waals surface area contributed by atoms with Crippen LogP contribution in [-0.2, 0) is 4.79 Å². The molecule has 2 aromatic rings. The van der Waals surface area contributed by atoms with Crippen LogP contribution in [0.15, 0.2) is 36.4 Å². The molecule has 1 aromatic carbocycles. The van der Waals surface area contributed by atoms with Crippen molar-refractivity contribution in [2.75, 3.05) is 4.90 Å². The van der Waals surface area contributed by atoms with Gasteiger partial charge in [0.1, 0.15) is 0 Å². The number of carbonyl (C=O) groups excluding carboxylic acids is 1. The van der Waals surface area contributed by atoms with Crippen molar-refractivity contribution in [1.82, 2.24) is 9.97 Å². The Kier molecular flexibility index (Phi) is 4.54. The van der Waals surface area contributed by atoms with Crippen LogP contribution in [0.4, 0.5) is 33.6 Å². The molecule has 0 unspecified atom stereocenters. The van der Waals surface area contributed by atoms with Gasteiger partial charge in [-0.25, -0.2) is 14.9 Å². The van der Waals surface area contributed by atoms with Crippen LogP contribution >= 0.6 is 0 Å². The molecule has 1 amide bonds. The van der Waals surface area contributed by atoms with Crippen molar-refractivity contribution in [3.8, 4) is 0 Å². The SMILES string of the molecule is Cc1cc(C)nc(N(C(=O)C(F)(F)C(F)(F)F)c2ccccc2)n1. The first-order valence-corrected chi connectivity index (χ1v) is 6.70. The lowest BCUT2D eigenvalue weighted by molar-refractivity contribution is -0.268. The maximum Gasteiger partial charge on any atom is 0.463 e. The van der Waals surface area contributed by atoms with Gasteiger partial charge in [-0.2, -0.15) is 22.0 Å². The topological polar surface area (TPSA) is 46.1 Å².